The van der Waals surface area contributed by atoms with Gasteiger partial charge >= 0.3 is 5.97 Å². The SMILES string of the molecule is CCOC(=O)c1c(NC(=O)CC#N)sc(C(=O)Nc2ccc(Cl)cc2)c1-c1ccccc1. The smallest absolute Gasteiger partial charge is 0.341 e. The van der Waals surface area contributed by atoms with Crippen LogP contribution >= 0.6 is 22.9 Å². The van der Waals surface area contributed by atoms with Gasteiger partial charge < -0.3 is 15.4 Å². The van der Waals surface area contributed by atoms with Crippen molar-refractivity contribution in [2.24, 2.45) is 0 Å². The number of hydrogen-bond donors (Lipinski definition) is 2. The molecule has 1 aromatic heterocycles. The standard InChI is InChI=1S/C23H18ClN3O4S/c1-2-31-23(30)19-18(14-6-4-3-5-7-14)20(32-22(19)27-17(28)12-13-25)21(29)26-16-10-8-15(24)9-11-16/h3-11H,2,12H2,1H3,(H,26,29)(H,27,28). The summed E-state index contributed by atoms with van der Waals surface area (Å²) in [5, 5.41) is 14.8. The van der Waals surface area contributed by atoms with Gasteiger partial charge in [0.1, 0.15) is 21.9 Å². The third-order valence-corrected chi connectivity index (χ3v) is 5.61. The second-order valence-corrected chi connectivity index (χ2v) is 7.90. The average Bonchev–Trinajstić information content (AvgIpc) is 3.15. The lowest BCUT2D eigenvalue weighted by Gasteiger charge is -2.10. The molecule has 9 heteroatoms. The Bertz CT molecular complexity index is 1180. The number of carbonyl (C=O) groups is 3. The van der Waals surface area contributed by atoms with Crippen molar-refractivity contribution in [3.05, 3.63) is 70.1 Å². The zero-order valence-corrected chi connectivity index (χ0v) is 18.5. The quantitative estimate of drug-likeness (QED) is 0.455. The number of amides is 2. The Hall–Kier alpha value is -3.67. The molecular weight excluding hydrogens is 450 g/mol. The Morgan fingerprint density at radius 2 is 1.75 bits per heavy atom. The van der Waals surface area contributed by atoms with Crippen LogP contribution in [0.2, 0.25) is 5.02 Å². The number of rotatable bonds is 7. The molecule has 0 spiro atoms. The zero-order valence-electron chi connectivity index (χ0n) is 17.0. The molecule has 0 aliphatic rings. The number of esters is 1. The molecule has 0 aliphatic heterocycles. The van der Waals surface area contributed by atoms with Crippen molar-refractivity contribution in [1.29, 1.82) is 5.26 Å². The highest BCUT2D eigenvalue weighted by atomic mass is 35.5. The number of nitrogens with one attached hydrogen (secondary N) is 2. The van der Waals surface area contributed by atoms with Crippen molar-refractivity contribution in [3.8, 4) is 17.2 Å². The number of anilines is 2. The summed E-state index contributed by atoms with van der Waals surface area (Å²) in [5.74, 6) is -1.74. The molecular formula is C23H18ClN3O4S. The molecule has 1 heterocycles. The highest BCUT2D eigenvalue weighted by molar-refractivity contribution is 7.19. The molecule has 2 aromatic carbocycles. The first-order valence-electron chi connectivity index (χ1n) is 9.57. The molecule has 0 saturated heterocycles. The fourth-order valence-corrected chi connectivity index (χ4v) is 4.17. The zero-order chi connectivity index (χ0) is 23.1. The van der Waals surface area contributed by atoms with Gasteiger partial charge in [-0.2, -0.15) is 5.26 Å². The van der Waals surface area contributed by atoms with E-state index in [4.69, 9.17) is 21.6 Å². The molecule has 7 nitrogen and oxygen atoms in total. The van der Waals surface area contributed by atoms with E-state index in [0.29, 0.717) is 21.8 Å². The lowest BCUT2D eigenvalue weighted by Crippen LogP contribution is -2.14. The van der Waals surface area contributed by atoms with Crippen LogP contribution in [0.1, 0.15) is 33.4 Å². The van der Waals surface area contributed by atoms with Gasteiger partial charge in [-0.25, -0.2) is 4.79 Å². The van der Waals surface area contributed by atoms with E-state index in [1.165, 1.54) is 0 Å². The lowest BCUT2D eigenvalue weighted by atomic mass is 10.0. The van der Waals surface area contributed by atoms with Gasteiger partial charge in [-0.05, 0) is 36.8 Å². The van der Waals surface area contributed by atoms with Gasteiger partial charge in [0.2, 0.25) is 5.91 Å². The molecule has 3 rings (SSSR count). The number of benzene rings is 2. The molecule has 0 fully saturated rings. The molecule has 0 unspecified atom stereocenters. The van der Waals surface area contributed by atoms with Crippen LogP contribution in [0.5, 0.6) is 0 Å². The van der Waals surface area contributed by atoms with Crippen LogP contribution < -0.4 is 10.6 Å². The van der Waals surface area contributed by atoms with E-state index >= 15 is 0 Å². The molecule has 0 radical (unpaired) electrons. The number of nitrogens with zero attached hydrogens (tertiary/aromatic N) is 1. The van der Waals surface area contributed by atoms with Crippen LogP contribution in [0, 0.1) is 11.3 Å². The molecule has 3 aromatic rings. The van der Waals surface area contributed by atoms with E-state index < -0.39 is 24.2 Å². The van der Waals surface area contributed by atoms with Gasteiger partial charge in [-0.3, -0.25) is 9.59 Å². The van der Waals surface area contributed by atoms with Crippen molar-refractivity contribution in [2.45, 2.75) is 13.3 Å². The number of carbonyl (C=O) groups excluding carboxylic acids is 3. The van der Waals surface area contributed by atoms with E-state index in [-0.39, 0.29) is 22.0 Å². The first kappa shape index (κ1) is 23.0. The van der Waals surface area contributed by atoms with Crippen LogP contribution in [0.15, 0.2) is 54.6 Å². The van der Waals surface area contributed by atoms with E-state index in [1.54, 1.807) is 61.5 Å². The molecule has 162 valence electrons. The number of halogens is 1. The normalized spacial score (nSPS) is 10.2. The summed E-state index contributed by atoms with van der Waals surface area (Å²) in [6.45, 7) is 1.77. The predicted octanol–water partition coefficient (Wildman–Crippen LogP) is 5.35. The second-order valence-electron chi connectivity index (χ2n) is 6.44. The summed E-state index contributed by atoms with van der Waals surface area (Å²) in [6, 6.07) is 17.2. The van der Waals surface area contributed by atoms with E-state index in [9.17, 15) is 14.4 Å². The maximum atomic E-state index is 13.2. The van der Waals surface area contributed by atoms with Crippen molar-refractivity contribution < 1.29 is 19.1 Å². The van der Waals surface area contributed by atoms with Crippen LogP contribution in [0.3, 0.4) is 0 Å². The third-order valence-electron chi connectivity index (χ3n) is 4.25. The van der Waals surface area contributed by atoms with Gasteiger partial charge in [-0.15, -0.1) is 11.3 Å². The van der Waals surface area contributed by atoms with Gasteiger partial charge in [-0.1, -0.05) is 41.9 Å². The summed E-state index contributed by atoms with van der Waals surface area (Å²) < 4.78 is 5.20. The summed E-state index contributed by atoms with van der Waals surface area (Å²) >= 11 is 6.85. The Kier molecular flexibility index (Phi) is 7.60. The van der Waals surface area contributed by atoms with Crippen LogP contribution in [-0.2, 0) is 9.53 Å². The van der Waals surface area contributed by atoms with Crippen LogP contribution in [0.25, 0.3) is 11.1 Å². The second kappa shape index (κ2) is 10.6. The van der Waals surface area contributed by atoms with Crippen LogP contribution in [-0.4, -0.2) is 24.4 Å². The first-order valence-corrected chi connectivity index (χ1v) is 10.8. The summed E-state index contributed by atoms with van der Waals surface area (Å²) in [4.78, 5) is 38.4. The minimum atomic E-state index is -0.680. The van der Waals surface area contributed by atoms with Crippen molar-refractivity contribution in [2.75, 3.05) is 17.2 Å². The first-order chi connectivity index (χ1) is 15.4. The number of ether oxygens (including phenoxy) is 1. The summed E-state index contributed by atoms with van der Waals surface area (Å²) in [7, 11) is 0. The molecule has 2 N–H and O–H groups in total. The molecule has 0 bridgehead atoms. The van der Waals surface area contributed by atoms with E-state index in [1.807, 2.05) is 6.07 Å². The van der Waals surface area contributed by atoms with Crippen molar-refractivity contribution in [3.63, 3.8) is 0 Å². The summed E-state index contributed by atoms with van der Waals surface area (Å²) in [6.07, 6.45) is -0.396. The fraction of sp³-hybridized carbons (Fsp3) is 0.130. The molecule has 0 aliphatic carbocycles. The molecule has 0 saturated carbocycles. The summed E-state index contributed by atoms with van der Waals surface area (Å²) in [5.41, 5.74) is 1.52. The van der Waals surface area contributed by atoms with E-state index in [0.717, 1.165) is 11.3 Å². The van der Waals surface area contributed by atoms with E-state index in [2.05, 4.69) is 10.6 Å². The maximum absolute atomic E-state index is 13.2. The Morgan fingerprint density at radius 3 is 2.38 bits per heavy atom. The highest BCUT2D eigenvalue weighted by Crippen LogP contribution is 2.41. The highest BCUT2D eigenvalue weighted by Gasteiger charge is 2.30. The molecule has 0 atom stereocenters. The van der Waals surface area contributed by atoms with Gasteiger partial charge in [0, 0.05) is 16.3 Å². The molecule has 2 amide bonds. The number of nitriles is 1. The van der Waals surface area contributed by atoms with Crippen LogP contribution in [0.4, 0.5) is 10.7 Å². The fourth-order valence-electron chi connectivity index (χ4n) is 2.92. The van der Waals surface area contributed by atoms with Gasteiger partial charge in [0.05, 0.1) is 12.7 Å². The topological polar surface area (TPSA) is 108 Å². The molecule has 32 heavy (non-hydrogen) atoms. The number of hydrogen-bond acceptors (Lipinski definition) is 6. The maximum Gasteiger partial charge on any atom is 0.341 e. The third kappa shape index (κ3) is 5.32. The van der Waals surface area contributed by atoms with Crippen molar-refractivity contribution in [1.82, 2.24) is 0 Å². The van der Waals surface area contributed by atoms with Gasteiger partial charge in [0.25, 0.3) is 5.91 Å². The monoisotopic (exact) mass is 467 g/mol. The minimum Gasteiger partial charge on any atom is -0.462 e. The lowest BCUT2D eigenvalue weighted by molar-refractivity contribution is -0.115. The largest absolute Gasteiger partial charge is 0.462 e. The van der Waals surface area contributed by atoms with Gasteiger partial charge in [0.15, 0.2) is 0 Å². The average molecular weight is 468 g/mol. The Labute approximate surface area is 193 Å². The Balaban J connectivity index is 2.14. The number of thiophene rings is 1. The predicted molar refractivity (Wildman–Crippen MR) is 124 cm³/mol. The van der Waals surface area contributed by atoms with Crippen molar-refractivity contribution >= 4 is 51.4 Å². The Morgan fingerprint density at radius 1 is 1.06 bits per heavy atom. The minimum absolute atomic E-state index is 0.0654.